The van der Waals surface area contributed by atoms with E-state index in [9.17, 15) is 13.6 Å². The lowest BCUT2D eigenvalue weighted by atomic mass is 9.93. The van der Waals surface area contributed by atoms with Crippen molar-refractivity contribution >= 4 is 11.7 Å². The Morgan fingerprint density at radius 1 is 1.30 bits per heavy atom. The number of halogens is 2. The van der Waals surface area contributed by atoms with Gasteiger partial charge in [-0.1, -0.05) is 13.0 Å². The number of hydrogen-bond acceptors (Lipinski definition) is 5. The molecule has 9 heteroatoms. The van der Waals surface area contributed by atoms with Crippen molar-refractivity contribution in [1.29, 1.82) is 0 Å². The first-order valence-corrected chi connectivity index (χ1v) is 10.1. The predicted octanol–water partition coefficient (Wildman–Crippen LogP) is 3.37. The van der Waals surface area contributed by atoms with E-state index in [0.717, 1.165) is 44.1 Å². The van der Waals surface area contributed by atoms with Crippen LogP contribution in [-0.4, -0.2) is 31.8 Å². The second-order valence-corrected chi connectivity index (χ2v) is 8.34. The van der Waals surface area contributed by atoms with Crippen LogP contribution in [0.5, 0.6) is 0 Å². The van der Waals surface area contributed by atoms with E-state index in [0.29, 0.717) is 22.9 Å². The monoisotopic (exact) mass is 412 g/mol. The van der Waals surface area contributed by atoms with Crippen molar-refractivity contribution in [3.63, 3.8) is 0 Å². The third-order valence-electron chi connectivity index (χ3n) is 6.06. The van der Waals surface area contributed by atoms with Gasteiger partial charge in [0.2, 0.25) is 5.91 Å². The van der Waals surface area contributed by atoms with Gasteiger partial charge in [0.25, 0.3) is 0 Å². The lowest BCUT2D eigenvalue weighted by Crippen LogP contribution is -2.35. The molecule has 156 valence electrons. The highest BCUT2D eigenvalue weighted by atomic mass is 19.1. The Morgan fingerprint density at radius 2 is 2.13 bits per heavy atom. The van der Waals surface area contributed by atoms with Crippen LogP contribution in [0.15, 0.2) is 36.2 Å². The molecule has 0 bridgehead atoms. The number of allylic oxidation sites excluding steroid dienone is 4. The molecule has 1 aliphatic heterocycles. The Morgan fingerprint density at radius 3 is 2.83 bits per heavy atom. The van der Waals surface area contributed by atoms with Crippen LogP contribution >= 0.6 is 0 Å². The summed E-state index contributed by atoms with van der Waals surface area (Å²) in [4.78, 5) is 16.7. The number of aryl methyl sites for hydroxylation is 1. The molecule has 2 aliphatic carbocycles. The van der Waals surface area contributed by atoms with Gasteiger partial charge in [-0.05, 0) is 43.5 Å². The summed E-state index contributed by atoms with van der Waals surface area (Å²) in [6.45, 7) is 2.69. The minimum absolute atomic E-state index is 0.0670. The molecular weight excluding hydrogens is 390 g/mol. The Balaban J connectivity index is 1.41. The summed E-state index contributed by atoms with van der Waals surface area (Å²) in [5.41, 5.74) is 6.97. The van der Waals surface area contributed by atoms with Crippen molar-refractivity contribution in [1.82, 2.24) is 25.2 Å². The summed E-state index contributed by atoms with van der Waals surface area (Å²) in [6, 6.07) is 3.47. The number of aromatic nitrogens is 4. The fourth-order valence-corrected chi connectivity index (χ4v) is 3.92. The van der Waals surface area contributed by atoms with Gasteiger partial charge in [0, 0.05) is 18.4 Å². The number of hydrazine groups is 1. The summed E-state index contributed by atoms with van der Waals surface area (Å²) in [7, 11) is 0. The number of carbonyl (C=O) groups is 1. The molecule has 0 aromatic carbocycles. The van der Waals surface area contributed by atoms with Crippen LogP contribution in [-0.2, 0) is 17.8 Å². The van der Waals surface area contributed by atoms with Gasteiger partial charge in [0.15, 0.2) is 5.82 Å². The van der Waals surface area contributed by atoms with E-state index in [2.05, 4.69) is 26.0 Å². The van der Waals surface area contributed by atoms with Crippen molar-refractivity contribution in [3.05, 3.63) is 47.7 Å². The second-order valence-electron chi connectivity index (χ2n) is 8.34. The molecule has 0 spiro atoms. The zero-order chi connectivity index (χ0) is 20.9. The molecule has 1 amide bonds. The van der Waals surface area contributed by atoms with Crippen molar-refractivity contribution in [3.8, 4) is 11.4 Å². The summed E-state index contributed by atoms with van der Waals surface area (Å²) in [6.07, 6.45) is 5.80. The minimum atomic E-state index is -1.49. The normalized spacial score (nSPS) is 23.6. The van der Waals surface area contributed by atoms with Gasteiger partial charge in [0.1, 0.15) is 23.5 Å². The number of amides is 1. The van der Waals surface area contributed by atoms with Crippen LogP contribution in [0.3, 0.4) is 0 Å². The lowest BCUT2D eigenvalue weighted by molar-refractivity contribution is -0.125. The fourth-order valence-electron chi connectivity index (χ4n) is 3.92. The van der Waals surface area contributed by atoms with Gasteiger partial charge in [-0.2, -0.15) is 0 Å². The molecular formula is C21H22F2N6O. The summed E-state index contributed by atoms with van der Waals surface area (Å²) in [5, 5.41) is 8.44. The van der Waals surface area contributed by atoms with Crippen molar-refractivity contribution in [2.75, 3.05) is 5.43 Å². The van der Waals surface area contributed by atoms with E-state index in [1.807, 2.05) is 11.5 Å². The third kappa shape index (κ3) is 3.28. The molecule has 0 radical (unpaired) electrons. The van der Waals surface area contributed by atoms with Crippen LogP contribution in [0.4, 0.5) is 14.6 Å². The quantitative estimate of drug-likeness (QED) is 0.736. The number of alkyl halides is 1. The molecule has 5 rings (SSSR count). The third-order valence-corrected chi connectivity index (χ3v) is 6.06. The number of anilines is 1. The van der Waals surface area contributed by atoms with E-state index in [4.69, 9.17) is 0 Å². The maximum Gasteiger partial charge on any atom is 0.244 e. The van der Waals surface area contributed by atoms with E-state index < -0.39 is 17.9 Å². The van der Waals surface area contributed by atoms with Crippen molar-refractivity contribution < 1.29 is 13.6 Å². The molecule has 3 aliphatic rings. The van der Waals surface area contributed by atoms with Crippen molar-refractivity contribution in [2.45, 2.75) is 51.2 Å². The molecule has 2 N–H and O–H groups in total. The zero-order valence-corrected chi connectivity index (χ0v) is 16.5. The zero-order valence-electron chi connectivity index (χ0n) is 16.5. The first-order chi connectivity index (χ1) is 14.4. The molecule has 0 saturated heterocycles. The van der Waals surface area contributed by atoms with Crippen LogP contribution in [0, 0.1) is 5.41 Å². The molecule has 3 heterocycles. The van der Waals surface area contributed by atoms with Gasteiger partial charge in [0.05, 0.1) is 17.3 Å². The second kappa shape index (κ2) is 7.00. The van der Waals surface area contributed by atoms with E-state index in [1.165, 1.54) is 12.2 Å². The molecule has 1 fully saturated rings. The summed E-state index contributed by atoms with van der Waals surface area (Å²) < 4.78 is 30.0. The van der Waals surface area contributed by atoms with Gasteiger partial charge in [-0.25, -0.2) is 13.8 Å². The molecule has 1 saturated carbocycles. The van der Waals surface area contributed by atoms with E-state index >= 15 is 0 Å². The van der Waals surface area contributed by atoms with E-state index in [-0.39, 0.29) is 11.3 Å². The molecule has 30 heavy (non-hydrogen) atoms. The summed E-state index contributed by atoms with van der Waals surface area (Å²) in [5.74, 6) is -0.0302. The maximum absolute atomic E-state index is 14.6. The Bertz CT molecular complexity index is 1050. The molecule has 7 nitrogen and oxygen atoms in total. The summed E-state index contributed by atoms with van der Waals surface area (Å²) >= 11 is 0. The number of nitrogens with one attached hydrogen (secondary N) is 2. The molecule has 2 unspecified atom stereocenters. The number of rotatable bonds is 5. The number of imidazole rings is 1. The van der Waals surface area contributed by atoms with E-state index in [1.54, 1.807) is 12.1 Å². The maximum atomic E-state index is 14.6. The minimum Gasteiger partial charge on any atom is -0.326 e. The first kappa shape index (κ1) is 18.9. The molecule has 2 aromatic heterocycles. The fraction of sp³-hybridized carbons (Fsp3) is 0.429. The number of hydrogen-bond donors (Lipinski definition) is 2. The highest BCUT2D eigenvalue weighted by Gasteiger charge is 2.45. The first-order valence-electron chi connectivity index (χ1n) is 10.1. The standard InChI is InChI=1S/C21H22F2N6O/c1-21(8-9-21)20(30)28-27-16-7-6-15(25-26-16)19-18(24-17-3-2-10-29(17)19)13-5-4-12(22)11-14(13)23/h4-7,11,13-14H,2-3,8-10H2,1H3,(H,26,27)(H,28,30). The van der Waals surface area contributed by atoms with Gasteiger partial charge >= 0.3 is 0 Å². The van der Waals surface area contributed by atoms with Crippen LogP contribution < -0.4 is 10.9 Å². The predicted molar refractivity (Wildman–Crippen MR) is 107 cm³/mol. The Kier molecular flexibility index (Phi) is 4.41. The smallest absolute Gasteiger partial charge is 0.244 e. The van der Waals surface area contributed by atoms with Gasteiger partial charge < -0.3 is 4.57 Å². The molecule has 2 atom stereocenters. The van der Waals surface area contributed by atoms with Gasteiger partial charge in [-0.3, -0.25) is 15.6 Å². The van der Waals surface area contributed by atoms with Crippen LogP contribution in [0.25, 0.3) is 11.4 Å². The van der Waals surface area contributed by atoms with Gasteiger partial charge in [-0.15, -0.1) is 10.2 Å². The number of carbonyl (C=O) groups excluding carboxylic acids is 1. The van der Waals surface area contributed by atoms with Crippen LogP contribution in [0.2, 0.25) is 0 Å². The van der Waals surface area contributed by atoms with Crippen molar-refractivity contribution in [2.24, 2.45) is 5.41 Å². The Hall–Kier alpha value is -3.10. The lowest BCUT2D eigenvalue weighted by Gasteiger charge is -2.18. The average molecular weight is 412 g/mol. The van der Waals surface area contributed by atoms with Crippen LogP contribution in [0.1, 0.15) is 43.6 Å². The number of fused-ring (bicyclic) bond motifs is 1. The average Bonchev–Trinajstić information content (AvgIpc) is 3.17. The Labute approximate surface area is 172 Å². The molecule has 2 aromatic rings. The highest BCUT2D eigenvalue weighted by Crippen LogP contribution is 2.45. The largest absolute Gasteiger partial charge is 0.326 e. The number of nitrogens with zero attached hydrogens (tertiary/aromatic N) is 4. The SMILES string of the molecule is CC1(C(=O)NNc2ccc(-c3c(C4C=CC(F)=CC4F)nc4n3CCC4)nn2)CC1. The topological polar surface area (TPSA) is 84.7 Å². The highest BCUT2D eigenvalue weighted by molar-refractivity contribution is 5.85.